The van der Waals surface area contributed by atoms with Crippen molar-refractivity contribution in [1.82, 2.24) is 25.3 Å². The molecule has 0 aliphatic heterocycles. The molecular weight excluding hydrogens is 314 g/mol. The molecule has 0 aromatic carbocycles. The van der Waals surface area contributed by atoms with Gasteiger partial charge in [0.05, 0.1) is 23.3 Å². The van der Waals surface area contributed by atoms with Crippen LogP contribution in [-0.2, 0) is 12.1 Å². The molecule has 8 heteroatoms. The highest BCUT2D eigenvalue weighted by molar-refractivity contribution is 7.11. The van der Waals surface area contributed by atoms with E-state index < -0.39 is 5.54 Å². The van der Waals surface area contributed by atoms with Gasteiger partial charge in [0, 0.05) is 5.92 Å². The molecule has 1 aliphatic rings. The first kappa shape index (κ1) is 16.1. The van der Waals surface area contributed by atoms with Crippen molar-refractivity contribution in [2.24, 2.45) is 0 Å². The number of hydrogen-bond donors (Lipinski definition) is 1. The van der Waals surface area contributed by atoms with Crippen molar-refractivity contribution < 1.29 is 9.32 Å². The van der Waals surface area contributed by atoms with Crippen LogP contribution in [0.25, 0.3) is 0 Å². The van der Waals surface area contributed by atoms with Gasteiger partial charge < -0.3 is 14.7 Å². The molecule has 2 heterocycles. The SMILES string of the molecule is CN(C)Cc1nc(C(C)(C)NC(=O)c2scnc2C2CC2)no1. The Hall–Kier alpha value is -1.80. The summed E-state index contributed by atoms with van der Waals surface area (Å²) < 4.78 is 5.24. The largest absolute Gasteiger partial charge is 0.339 e. The fraction of sp³-hybridized carbons (Fsp3) is 0.600. The van der Waals surface area contributed by atoms with E-state index in [4.69, 9.17) is 4.52 Å². The van der Waals surface area contributed by atoms with Crippen LogP contribution in [0.15, 0.2) is 10.0 Å². The lowest BCUT2D eigenvalue weighted by molar-refractivity contribution is 0.0910. The zero-order valence-corrected chi connectivity index (χ0v) is 14.6. The van der Waals surface area contributed by atoms with Crippen LogP contribution in [0.2, 0.25) is 0 Å². The van der Waals surface area contributed by atoms with Gasteiger partial charge in [-0.3, -0.25) is 4.79 Å². The van der Waals surface area contributed by atoms with Gasteiger partial charge in [0.2, 0.25) is 5.89 Å². The van der Waals surface area contributed by atoms with E-state index in [2.05, 4.69) is 20.4 Å². The summed E-state index contributed by atoms with van der Waals surface area (Å²) >= 11 is 1.38. The quantitative estimate of drug-likeness (QED) is 0.870. The summed E-state index contributed by atoms with van der Waals surface area (Å²) in [6, 6.07) is 0. The maximum Gasteiger partial charge on any atom is 0.264 e. The summed E-state index contributed by atoms with van der Waals surface area (Å²) in [4.78, 5) is 24.0. The van der Waals surface area contributed by atoms with E-state index in [0.29, 0.717) is 29.1 Å². The lowest BCUT2D eigenvalue weighted by Crippen LogP contribution is -2.42. The number of carbonyl (C=O) groups excluding carboxylic acids is 1. The Kier molecular flexibility index (Phi) is 4.20. The number of thiazole rings is 1. The van der Waals surface area contributed by atoms with E-state index in [1.54, 1.807) is 5.51 Å². The van der Waals surface area contributed by atoms with Crippen LogP contribution in [0.5, 0.6) is 0 Å². The third-order valence-electron chi connectivity index (χ3n) is 3.67. The van der Waals surface area contributed by atoms with E-state index in [-0.39, 0.29) is 5.91 Å². The van der Waals surface area contributed by atoms with Crippen LogP contribution < -0.4 is 5.32 Å². The normalized spacial score (nSPS) is 15.2. The van der Waals surface area contributed by atoms with Crippen molar-refractivity contribution in [1.29, 1.82) is 0 Å². The van der Waals surface area contributed by atoms with Crippen LogP contribution in [0.1, 0.15) is 59.7 Å². The minimum absolute atomic E-state index is 0.127. The first-order valence-electron chi connectivity index (χ1n) is 7.60. The molecule has 1 amide bonds. The summed E-state index contributed by atoms with van der Waals surface area (Å²) in [6.45, 7) is 4.30. The number of aromatic nitrogens is 3. The smallest absolute Gasteiger partial charge is 0.264 e. The van der Waals surface area contributed by atoms with Crippen molar-refractivity contribution >= 4 is 17.2 Å². The van der Waals surface area contributed by atoms with Crippen LogP contribution in [0, 0.1) is 0 Å². The first-order chi connectivity index (χ1) is 10.9. The molecule has 0 bridgehead atoms. The molecule has 0 radical (unpaired) electrons. The summed E-state index contributed by atoms with van der Waals surface area (Å²) in [5.41, 5.74) is 1.94. The Morgan fingerprint density at radius 1 is 1.48 bits per heavy atom. The predicted molar refractivity (Wildman–Crippen MR) is 86.3 cm³/mol. The highest BCUT2D eigenvalue weighted by Gasteiger charge is 2.34. The van der Waals surface area contributed by atoms with E-state index in [0.717, 1.165) is 18.5 Å². The summed E-state index contributed by atoms with van der Waals surface area (Å²) in [7, 11) is 3.86. The molecule has 0 atom stereocenters. The fourth-order valence-electron chi connectivity index (χ4n) is 2.31. The molecule has 7 nitrogen and oxygen atoms in total. The summed E-state index contributed by atoms with van der Waals surface area (Å²) in [5, 5.41) is 7.00. The molecule has 23 heavy (non-hydrogen) atoms. The number of hydrogen-bond acceptors (Lipinski definition) is 7. The van der Waals surface area contributed by atoms with Gasteiger partial charge in [-0.1, -0.05) is 5.16 Å². The zero-order chi connectivity index (χ0) is 16.6. The topological polar surface area (TPSA) is 84.2 Å². The van der Waals surface area contributed by atoms with E-state index in [1.807, 2.05) is 32.8 Å². The van der Waals surface area contributed by atoms with Gasteiger partial charge in [-0.05, 0) is 40.8 Å². The average Bonchev–Trinajstić information content (AvgIpc) is 2.99. The molecule has 0 spiro atoms. The van der Waals surface area contributed by atoms with Gasteiger partial charge >= 0.3 is 0 Å². The zero-order valence-electron chi connectivity index (χ0n) is 13.8. The van der Waals surface area contributed by atoms with Gasteiger partial charge in [-0.15, -0.1) is 11.3 Å². The average molecular weight is 335 g/mol. The molecule has 124 valence electrons. The monoisotopic (exact) mass is 335 g/mol. The molecule has 0 unspecified atom stereocenters. The minimum atomic E-state index is -0.712. The van der Waals surface area contributed by atoms with Crippen molar-refractivity contribution in [2.75, 3.05) is 14.1 Å². The van der Waals surface area contributed by atoms with Crippen LogP contribution in [-0.4, -0.2) is 40.0 Å². The molecule has 0 saturated heterocycles. The third-order valence-corrected chi connectivity index (χ3v) is 4.51. The fourth-order valence-corrected chi connectivity index (χ4v) is 3.08. The second-order valence-electron chi connectivity index (χ2n) is 6.67. The van der Waals surface area contributed by atoms with Gasteiger partial charge in [0.1, 0.15) is 4.88 Å². The molecule has 1 N–H and O–H groups in total. The molecule has 1 aliphatic carbocycles. The van der Waals surface area contributed by atoms with E-state index in [1.165, 1.54) is 11.3 Å². The Labute approximate surface area is 139 Å². The molecule has 3 rings (SSSR count). The third kappa shape index (κ3) is 3.59. The number of nitrogens with one attached hydrogen (secondary N) is 1. The lowest BCUT2D eigenvalue weighted by atomic mass is 10.0. The maximum absolute atomic E-state index is 12.6. The maximum atomic E-state index is 12.6. The first-order valence-corrected chi connectivity index (χ1v) is 8.48. The Morgan fingerprint density at radius 3 is 2.87 bits per heavy atom. The Bertz CT molecular complexity index is 702. The number of rotatable bonds is 6. The predicted octanol–water partition coefficient (Wildman–Crippen LogP) is 2.13. The summed E-state index contributed by atoms with van der Waals surface area (Å²) in [5.74, 6) is 1.32. The van der Waals surface area contributed by atoms with Gasteiger partial charge in [-0.25, -0.2) is 4.98 Å². The van der Waals surface area contributed by atoms with Gasteiger partial charge in [0.15, 0.2) is 5.82 Å². The van der Waals surface area contributed by atoms with Gasteiger partial charge in [-0.2, -0.15) is 4.98 Å². The minimum Gasteiger partial charge on any atom is -0.339 e. The van der Waals surface area contributed by atoms with Crippen molar-refractivity contribution in [3.63, 3.8) is 0 Å². The van der Waals surface area contributed by atoms with Crippen LogP contribution >= 0.6 is 11.3 Å². The number of amides is 1. The number of carbonyl (C=O) groups is 1. The van der Waals surface area contributed by atoms with Gasteiger partial charge in [0.25, 0.3) is 5.91 Å². The Balaban J connectivity index is 1.73. The van der Waals surface area contributed by atoms with Crippen LogP contribution in [0.3, 0.4) is 0 Å². The van der Waals surface area contributed by atoms with Crippen LogP contribution in [0.4, 0.5) is 0 Å². The number of nitrogens with zero attached hydrogens (tertiary/aromatic N) is 4. The molecule has 2 aromatic rings. The van der Waals surface area contributed by atoms with Crippen molar-refractivity contribution in [2.45, 2.75) is 44.7 Å². The highest BCUT2D eigenvalue weighted by Crippen LogP contribution is 2.41. The highest BCUT2D eigenvalue weighted by atomic mass is 32.1. The standard InChI is InChI=1S/C15H21N5O2S/c1-15(2,14-17-10(22-19-14)7-20(3)4)18-13(21)12-11(9-5-6-9)16-8-23-12/h8-9H,5-7H2,1-4H3,(H,18,21). The second kappa shape index (κ2) is 6.01. The second-order valence-corrected chi connectivity index (χ2v) is 7.52. The summed E-state index contributed by atoms with van der Waals surface area (Å²) in [6.07, 6.45) is 2.23. The van der Waals surface area contributed by atoms with E-state index in [9.17, 15) is 4.79 Å². The molecular formula is C15H21N5O2S. The van der Waals surface area contributed by atoms with Crippen molar-refractivity contribution in [3.05, 3.63) is 27.8 Å². The molecule has 1 saturated carbocycles. The lowest BCUT2D eigenvalue weighted by Gasteiger charge is -2.22. The van der Waals surface area contributed by atoms with E-state index >= 15 is 0 Å². The Morgan fingerprint density at radius 2 is 2.22 bits per heavy atom. The van der Waals surface area contributed by atoms with Crippen molar-refractivity contribution in [3.8, 4) is 0 Å². The molecule has 2 aromatic heterocycles. The molecule has 1 fully saturated rings.